The van der Waals surface area contributed by atoms with E-state index in [9.17, 15) is 5.11 Å². The van der Waals surface area contributed by atoms with Crippen LogP contribution in [0.2, 0.25) is 0 Å². The van der Waals surface area contributed by atoms with Gasteiger partial charge in [0, 0.05) is 29.9 Å². The second-order valence-electron chi connectivity index (χ2n) is 6.36. The number of phenolic OH excluding ortho intramolecular Hbond substituents is 1. The van der Waals surface area contributed by atoms with Crippen molar-refractivity contribution in [3.8, 4) is 11.5 Å². The minimum atomic E-state index is 0.221. The Labute approximate surface area is 143 Å². The first kappa shape index (κ1) is 16.6. The molecule has 0 unspecified atom stereocenters. The zero-order valence-electron chi connectivity index (χ0n) is 14.2. The number of aromatic nitrogens is 2. The number of nitrogens with one attached hydrogen (secondary N) is 1. The van der Waals surface area contributed by atoms with E-state index in [1.54, 1.807) is 13.2 Å². The van der Waals surface area contributed by atoms with Crippen LogP contribution in [0.25, 0.3) is 0 Å². The first-order chi connectivity index (χ1) is 11.7. The normalized spacial score (nSPS) is 16.2. The van der Waals surface area contributed by atoms with Gasteiger partial charge in [-0.25, -0.2) is 0 Å². The summed E-state index contributed by atoms with van der Waals surface area (Å²) >= 11 is 0. The van der Waals surface area contributed by atoms with Gasteiger partial charge in [-0.05, 0) is 50.0 Å². The molecule has 0 radical (unpaired) electrons. The van der Waals surface area contributed by atoms with Crippen molar-refractivity contribution in [3.05, 3.63) is 53.9 Å². The van der Waals surface area contributed by atoms with Crippen molar-refractivity contribution in [1.29, 1.82) is 0 Å². The maximum Gasteiger partial charge on any atom is 0.161 e. The fourth-order valence-electron chi connectivity index (χ4n) is 3.44. The quantitative estimate of drug-likeness (QED) is 0.800. The van der Waals surface area contributed by atoms with Crippen molar-refractivity contribution in [2.75, 3.05) is 20.2 Å². The highest BCUT2D eigenvalue weighted by Crippen LogP contribution is 2.33. The molecule has 1 aliphatic heterocycles. The monoisotopic (exact) mass is 327 g/mol. The topological polar surface area (TPSA) is 61.4 Å². The Kier molecular flexibility index (Phi) is 5.20. The average molecular weight is 327 g/mol. The fourth-order valence-corrected chi connectivity index (χ4v) is 3.44. The Bertz CT molecular complexity index is 674. The molecular weight excluding hydrogens is 302 g/mol. The van der Waals surface area contributed by atoms with Crippen molar-refractivity contribution < 1.29 is 9.84 Å². The summed E-state index contributed by atoms with van der Waals surface area (Å²) < 4.78 is 5.31. The van der Waals surface area contributed by atoms with Gasteiger partial charge in [-0.15, -0.1) is 6.58 Å². The fraction of sp³-hybridized carbons (Fsp3) is 0.421. The molecule has 1 saturated heterocycles. The van der Waals surface area contributed by atoms with Gasteiger partial charge >= 0.3 is 0 Å². The highest BCUT2D eigenvalue weighted by molar-refractivity contribution is 5.49. The molecular formula is C19H25N3O2. The molecule has 24 heavy (non-hydrogen) atoms. The van der Waals surface area contributed by atoms with Crippen LogP contribution >= 0.6 is 0 Å². The van der Waals surface area contributed by atoms with E-state index in [1.165, 1.54) is 11.3 Å². The van der Waals surface area contributed by atoms with E-state index in [0.29, 0.717) is 18.1 Å². The summed E-state index contributed by atoms with van der Waals surface area (Å²) in [5.41, 5.74) is 3.28. The second kappa shape index (κ2) is 7.53. The molecule has 2 aromatic rings. The van der Waals surface area contributed by atoms with Gasteiger partial charge in [0.25, 0.3) is 0 Å². The van der Waals surface area contributed by atoms with Crippen LogP contribution in [0.15, 0.2) is 37.1 Å². The first-order valence-corrected chi connectivity index (χ1v) is 8.42. The third kappa shape index (κ3) is 3.62. The molecule has 5 nitrogen and oxygen atoms in total. The molecule has 1 aliphatic rings. The number of methoxy groups -OCH3 is 1. The number of likely N-dealkylation sites (tertiary alicyclic amines) is 1. The Balaban J connectivity index is 1.66. The minimum absolute atomic E-state index is 0.221. The van der Waals surface area contributed by atoms with Gasteiger partial charge in [-0.2, -0.15) is 5.10 Å². The summed E-state index contributed by atoms with van der Waals surface area (Å²) in [5.74, 6) is 1.34. The molecule has 1 aromatic carbocycles. The average Bonchev–Trinajstić information content (AvgIpc) is 3.13. The van der Waals surface area contributed by atoms with Crippen molar-refractivity contribution in [1.82, 2.24) is 15.1 Å². The SMILES string of the molecule is C=CCc1cc(CN2CCC(c3ccn[nH]3)CC2)cc(OC)c1O. The Morgan fingerprint density at radius 3 is 2.83 bits per heavy atom. The van der Waals surface area contributed by atoms with E-state index < -0.39 is 0 Å². The predicted molar refractivity (Wildman–Crippen MR) is 94.4 cm³/mol. The summed E-state index contributed by atoms with van der Waals surface area (Å²) in [5, 5.41) is 17.3. The first-order valence-electron chi connectivity index (χ1n) is 8.42. The number of rotatable bonds is 6. The number of benzene rings is 1. The molecule has 0 bridgehead atoms. The van der Waals surface area contributed by atoms with Crippen LogP contribution in [0.5, 0.6) is 11.5 Å². The van der Waals surface area contributed by atoms with Crippen molar-refractivity contribution in [3.63, 3.8) is 0 Å². The van der Waals surface area contributed by atoms with Crippen LogP contribution in [0.3, 0.4) is 0 Å². The van der Waals surface area contributed by atoms with Crippen LogP contribution in [0.4, 0.5) is 0 Å². The van der Waals surface area contributed by atoms with Gasteiger partial charge in [0.15, 0.2) is 11.5 Å². The zero-order chi connectivity index (χ0) is 16.9. The molecule has 2 heterocycles. The van der Waals surface area contributed by atoms with Crippen molar-refractivity contribution in [2.24, 2.45) is 0 Å². The number of H-pyrrole nitrogens is 1. The standard InChI is InChI=1S/C19H25N3O2/c1-3-4-16-11-14(12-18(24-2)19(16)23)13-22-9-6-15(7-10-22)17-5-8-20-21-17/h3,5,8,11-12,15,23H,1,4,6-7,9-10,13H2,2H3,(H,20,21). The van der Waals surface area contributed by atoms with Gasteiger partial charge < -0.3 is 9.84 Å². The molecule has 1 aromatic heterocycles. The van der Waals surface area contributed by atoms with Crippen molar-refractivity contribution >= 4 is 0 Å². The van der Waals surface area contributed by atoms with E-state index in [-0.39, 0.29) is 5.75 Å². The Hall–Kier alpha value is -2.27. The lowest BCUT2D eigenvalue weighted by atomic mass is 9.93. The molecule has 0 saturated carbocycles. The zero-order valence-corrected chi connectivity index (χ0v) is 14.2. The molecule has 2 N–H and O–H groups in total. The van der Waals surface area contributed by atoms with Crippen LogP contribution in [0.1, 0.15) is 35.6 Å². The van der Waals surface area contributed by atoms with Gasteiger partial charge in [0.1, 0.15) is 0 Å². The van der Waals surface area contributed by atoms with Crippen LogP contribution in [-0.2, 0) is 13.0 Å². The molecule has 5 heteroatoms. The van der Waals surface area contributed by atoms with Crippen LogP contribution in [0, 0.1) is 0 Å². The lowest BCUT2D eigenvalue weighted by Gasteiger charge is -2.31. The highest BCUT2D eigenvalue weighted by atomic mass is 16.5. The van der Waals surface area contributed by atoms with E-state index >= 15 is 0 Å². The van der Waals surface area contributed by atoms with Crippen LogP contribution < -0.4 is 4.74 Å². The number of hydrogen-bond acceptors (Lipinski definition) is 4. The summed E-state index contributed by atoms with van der Waals surface area (Å²) in [6, 6.07) is 6.07. The van der Waals surface area contributed by atoms with E-state index in [1.807, 2.05) is 12.3 Å². The van der Waals surface area contributed by atoms with Gasteiger partial charge in [0.2, 0.25) is 0 Å². The van der Waals surface area contributed by atoms with Gasteiger partial charge in [-0.3, -0.25) is 10.00 Å². The Morgan fingerprint density at radius 2 is 2.21 bits per heavy atom. The number of piperidine rings is 1. The smallest absolute Gasteiger partial charge is 0.161 e. The third-order valence-corrected chi connectivity index (χ3v) is 4.75. The number of allylic oxidation sites excluding steroid dienone is 1. The lowest BCUT2D eigenvalue weighted by Crippen LogP contribution is -2.32. The summed E-state index contributed by atoms with van der Waals surface area (Å²) in [7, 11) is 1.59. The molecule has 3 rings (SSSR count). The maximum absolute atomic E-state index is 10.2. The van der Waals surface area contributed by atoms with Crippen LogP contribution in [-0.4, -0.2) is 40.4 Å². The number of hydrogen-bond donors (Lipinski definition) is 2. The van der Waals surface area contributed by atoms with E-state index in [4.69, 9.17) is 4.74 Å². The second-order valence-corrected chi connectivity index (χ2v) is 6.36. The van der Waals surface area contributed by atoms with Gasteiger partial charge in [0.05, 0.1) is 7.11 Å². The number of aromatic amines is 1. The summed E-state index contributed by atoms with van der Waals surface area (Å²) in [4.78, 5) is 2.45. The molecule has 0 aliphatic carbocycles. The largest absolute Gasteiger partial charge is 0.504 e. The minimum Gasteiger partial charge on any atom is -0.504 e. The maximum atomic E-state index is 10.2. The molecule has 0 amide bonds. The molecule has 0 atom stereocenters. The molecule has 1 fully saturated rings. The summed E-state index contributed by atoms with van der Waals surface area (Å²) in [6.45, 7) is 6.75. The number of aromatic hydroxyl groups is 1. The summed E-state index contributed by atoms with van der Waals surface area (Å²) in [6.07, 6.45) is 6.53. The molecule has 128 valence electrons. The van der Waals surface area contributed by atoms with Gasteiger partial charge in [-0.1, -0.05) is 12.1 Å². The predicted octanol–water partition coefficient (Wildman–Crippen LogP) is 3.23. The van der Waals surface area contributed by atoms with E-state index in [2.05, 4.69) is 33.8 Å². The lowest BCUT2D eigenvalue weighted by molar-refractivity contribution is 0.203. The molecule has 0 spiro atoms. The van der Waals surface area contributed by atoms with Crippen molar-refractivity contribution in [2.45, 2.75) is 31.7 Å². The Morgan fingerprint density at radius 1 is 1.42 bits per heavy atom. The number of phenols is 1. The number of ether oxygens (including phenoxy) is 1. The highest BCUT2D eigenvalue weighted by Gasteiger charge is 2.22. The van der Waals surface area contributed by atoms with E-state index in [0.717, 1.165) is 38.0 Å². The third-order valence-electron chi connectivity index (χ3n) is 4.75. The number of nitrogens with zero attached hydrogens (tertiary/aromatic N) is 2.